The summed E-state index contributed by atoms with van der Waals surface area (Å²) in [4.78, 5) is 17.2. The molecule has 124 valence electrons. The number of hydrogen-bond donors (Lipinski definition) is 3. The van der Waals surface area contributed by atoms with Crippen molar-refractivity contribution in [3.8, 4) is 0 Å². The van der Waals surface area contributed by atoms with Crippen molar-refractivity contribution in [2.45, 2.75) is 33.0 Å². The highest BCUT2D eigenvalue weighted by Gasteiger charge is 2.29. The van der Waals surface area contributed by atoms with Crippen LogP contribution in [0.1, 0.15) is 32.7 Å². The van der Waals surface area contributed by atoms with E-state index in [1.54, 1.807) is 24.3 Å². The van der Waals surface area contributed by atoms with Crippen molar-refractivity contribution in [2.75, 3.05) is 12.0 Å². The second-order valence-corrected chi connectivity index (χ2v) is 6.56. The summed E-state index contributed by atoms with van der Waals surface area (Å²) < 4.78 is 1.21. The molecule has 1 heterocycles. The predicted octanol–water partition coefficient (Wildman–Crippen LogP) is 1.57. The zero-order valence-electron chi connectivity index (χ0n) is 13.7. The van der Waals surface area contributed by atoms with Crippen molar-refractivity contribution in [2.24, 2.45) is 5.41 Å². The molecule has 0 aliphatic rings. The van der Waals surface area contributed by atoms with E-state index in [0.717, 1.165) is 0 Å². The number of aromatic nitrogens is 2. The number of aliphatic hydroxyl groups is 2. The second-order valence-electron chi connectivity index (χ2n) is 6.56. The Morgan fingerprint density at radius 3 is 2.61 bits per heavy atom. The molecule has 0 bridgehead atoms. The highest BCUT2D eigenvalue weighted by Crippen LogP contribution is 2.31. The van der Waals surface area contributed by atoms with Crippen LogP contribution >= 0.6 is 0 Å². The zero-order chi connectivity index (χ0) is 17.2. The summed E-state index contributed by atoms with van der Waals surface area (Å²) >= 11 is 0. The van der Waals surface area contributed by atoms with E-state index in [-0.39, 0.29) is 17.9 Å². The maximum absolute atomic E-state index is 12.7. The molecule has 1 aromatic heterocycles. The maximum Gasteiger partial charge on any atom is 0.280 e. The lowest BCUT2D eigenvalue weighted by Gasteiger charge is -2.28. The van der Waals surface area contributed by atoms with Gasteiger partial charge in [0.15, 0.2) is 5.82 Å². The van der Waals surface area contributed by atoms with Gasteiger partial charge < -0.3 is 15.6 Å². The molecule has 2 rings (SSSR count). The number of aliphatic hydroxyl groups excluding tert-OH is 2. The predicted molar refractivity (Wildman–Crippen MR) is 90.8 cm³/mol. The van der Waals surface area contributed by atoms with Crippen molar-refractivity contribution in [3.05, 3.63) is 53.1 Å². The van der Waals surface area contributed by atoms with Crippen molar-refractivity contribution in [1.82, 2.24) is 9.66 Å². The first kappa shape index (κ1) is 17.2. The van der Waals surface area contributed by atoms with E-state index in [1.807, 2.05) is 20.8 Å². The summed E-state index contributed by atoms with van der Waals surface area (Å²) in [5.74, 6) is 0.220. The highest BCUT2D eigenvalue weighted by atomic mass is 16.3. The third-order valence-electron chi connectivity index (χ3n) is 3.60. The third kappa shape index (κ3) is 3.60. The molecule has 6 heteroatoms. The van der Waals surface area contributed by atoms with Gasteiger partial charge in [-0.2, -0.15) is 0 Å². The van der Waals surface area contributed by atoms with Crippen LogP contribution in [-0.4, -0.2) is 32.5 Å². The maximum atomic E-state index is 12.7. The SMILES string of the molecule is C=C[C@H](O)CNn1c([C@@H](O)C(C)(C)C)nc2ccccc2c1=O. The summed E-state index contributed by atoms with van der Waals surface area (Å²) in [6.07, 6.45) is -0.395. The Labute approximate surface area is 135 Å². The zero-order valence-corrected chi connectivity index (χ0v) is 13.7. The van der Waals surface area contributed by atoms with Crippen LogP contribution in [0.4, 0.5) is 0 Å². The van der Waals surface area contributed by atoms with E-state index in [1.165, 1.54) is 10.8 Å². The lowest BCUT2D eigenvalue weighted by Crippen LogP contribution is -2.39. The molecule has 0 saturated heterocycles. The molecular formula is C17H23N3O3. The average Bonchev–Trinajstić information content (AvgIpc) is 2.51. The second kappa shape index (κ2) is 6.52. The largest absolute Gasteiger partial charge is 0.387 e. The molecule has 1 aromatic carbocycles. The minimum Gasteiger partial charge on any atom is -0.387 e. The molecule has 2 aromatic rings. The molecular weight excluding hydrogens is 294 g/mol. The standard InChI is InChI=1S/C17H23N3O3/c1-5-11(21)10-18-20-15(14(22)17(2,3)4)19-13-9-7-6-8-12(13)16(20)23/h5-9,11,14,18,21-22H,1,10H2,2-4H3/t11-,14+/m0/s1. The smallest absolute Gasteiger partial charge is 0.280 e. The van der Waals surface area contributed by atoms with E-state index in [4.69, 9.17) is 0 Å². The molecule has 23 heavy (non-hydrogen) atoms. The lowest BCUT2D eigenvalue weighted by molar-refractivity contribution is 0.0516. The van der Waals surface area contributed by atoms with Gasteiger partial charge >= 0.3 is 0 Å². The van der Waals surface area contributed by atoms with Gasteiger partial charge in [0.05, 0.1) is 23.6 Å². The van der Waals surface area contributed by atoms with Crippen molar-refractivity contribution in [3.63, 3.8) is 0 Å². The van der Waals surface area contributed by atoms with Gasteiger partial charge in [-0.1, -0.05) is 39.0 Å². The van der Waals surface area contributed by atoms with Gasteiger partial charge in [-0.3, -0.25) is 4.79 Å². The normalized spacial score (nSPS) is 14.5. The summed E-state index contributed by atoms with van der Waals surface area (Å²) in [5, 5.41) is 20.7. The fourth-order valence-electron chi connectivity index (χ4n) is 2.14. The molecule has 6 nitrogen and oxygen atoms in total. The van der Waals surface area contributed by atoms with E-state index < -0.39 is 17.6 Å². The van der Waals surface area contributed by atoms with E-state index in [9.17, 15) is 15.0 Å². The van der Waals surface area contributed by atoms with Crippen LogP contribution in [0.5, 0.6) is 0 Å². The van der Waals surface area contributed by atoms with Gasteiger partial charge in [-0.05, 0) is 17.5 Å². The molecule has 0 saturated carbocycles. The van der Waals surface area contributed by atoms with Gasteiger partial charge in [0.25, 0.3) is 5.56 Å². The topological polar surface area (TPSA) is 87.4 Å². The summed E-state index contributed by atoms with van der Waals surface area (Å²) in [6, 6.07) is 6.97. The Morgan fingerprint density at radius 1 is 1.35 bits per heavy atom. The quantitative estimate of drug-likeness (QED) is 0.729. The number of nitrogens with one attached hydrogen (secondary N) is 1. The first-order valence-electron chi connectivity index (χ1n) is 7.50. The van der Waals surface area contributed by atoms with Gasteiger partial charge in [0.2, 0.25) is 0 Å². The van der Waals surface area contributed by atoms with Crippen LogP contribution < -0.4 is 11.0 Å². The average molecular weight is 317 g/mol. The lowest BCUT2D eigenvalue weighted by atomic mass is 9.88. The molecule has 3 N–H and O–H groups in total. The van der Waals surface area contributed by atoms with Gasteiger partial charge in [-0.15, -0.1) is 6.58 Å². The number of rotatable bonds is 5. The fraction of sp³-hybridized carbons (Fsp3) is 0.412. The molecule has 0 unspecified atom stereocenters. The Morgan fingerprint density at radius 2 is 2.00 bits per heavy atom. The molecule has 0 aliphatic carbocycles. The first-order chi connectivity index (χ1) is 10.8. The molecule has 0 radical (unpaired) electrons. The van der Waals surface area contributed by atoms with E-state index in [2.05, 4.69) is 17.0 Å². The van der Waals surface area contributed by atoms with Gasteiger partial charge in [0, 0.05) is 0 Å². The summed E-state index contributed by atoms with van der Waals surface area (Å²) in [6.45, 7) is 9.18. The minimum atomic E-state index is -0.951. The monoisotopic (exact) mass is 317 g/mol. The van der Waals surface area contributed by atoms with Crippen LogP contribution in [0, 0.1) is 5.41 Å². The summed E-state index contributed by atoms with van der Waals surface area (Å²) in [5.41, 5.74) is 2.55. The molecule has 0 amide bonds. The molecule has 0 spiro atoms. The van der Waals surface area contributed by atoms with Gasteiger partial charge in [-0.25, -0.2) is 9.66 Å². The number of nitrogens with zero attached hydrogens (tertiary/aromatic N) is 2. The Bertz CT molecular complexity index is 762. The van der Waals surface area contributed by atoms with Crippen LogP contribution in [-0.2, 0) is 0 Å². The minimum absolute atomic E-state index is 0.0906. The van der Waals surface area contributed by atoms with Crippen LogP contribution in [0.2, 0.25) is 0 Å². The Hall–Kier alpha value is -2.18. The molecule has 0 fully saturated rings. The number of hydrogen-bond acceptors (Lipinski definition) is 5. The van der Waals surface area contributed by atoms with Gasteiger partial charge in [0.1, 0.15) is 6.10 Å². The molecule has 2 atom stereocenters. The first-order valence-corrected chi connectivity index (χ1v) is 7.50. The molecule has 0 aliphatic heterocycles. The van der Waals surface area contributed by atoms with Crippen molar-refractivity contribution >= 4 is 10.9 Å². The highest BCUT2D eigenvalue weighted by molar-refractivity contribution is 5.77. The fourth-order valence-corrected chi connectivity index (χ4v) is 2.14. The van der Waals surface area contributed by atoms with Crippen LogP contribution in [0.15, 0.2) is 41.7 Å². The van der Waals surface area contributed by atoms with Crippen LogP contribution in [0.25, 0.3) is 10.9 Å². The van der Waals surface area contributed by atoms with E-state index >= 15 is 0 Å². The number of benzene rings is 1. The van der Waals surface area contributed by atoms with Crippen molar-refractivity contribution in [1.29, 1.82) is 0 Å². The van der Waals surface area contributed by atoms with Crippen molar-refractivity contribution < 1.29 is 10.2 Å². The Balaban J connectivity index is 2.62. The third-order valence-corrected chi connectivity index (χ3v) is 3.60. The van der Waals surface area contributed by atoms with Crippen LogP contribution in [0.3, 0.4) is 0 Å². The number of fused-ring (bicyclic) bond motifs is 1. The summed E-state index contributed by atoms with van der Waals surface area (Å²) in [7, 11) is 0. The van der Waals surface area contributed by atoms with E-state index in [0.29, 0.717) is 10.9 Å². The number of para-hydroxylation sites is 1. The Kier molecular flexibility index (Phi) is 4.87.